The van der Waals surface area contributed by atoms with Crippen LogP contribution in [0.1, 0.15) is 24.8 Å². The van der Waals surface area contributed by atoms with Crippen LogP contribution in [0.25, 0.3) is 0 Å². The molecule has 0 aliphatic rings. The van der Waals surface area contributed by atoms with Gasteiger partial charge in [0.2, 0.25) is 0 Å². The average molecular weight is 160 g/mol. The number of aryl methyl sites for hydroxylation is 1. The van der Waals surface area contributed by atoms with E-state index in [-0.39, 0.29) is 0 Å². The summed E-state index contributed by atoms with van der Waals surface area (Å²) >= 11 is 0. The third-order valence-electron chi connectivity index (χ3n) is 1.89. The van der Waals surface area contributed by atoms with E-state index in [2.05, 4.69) is 24.3 Å². The highest BCUT2D eigenvalue weighted by atomic mass is 14.3. The minimum atomic E-state index is 0.812. The monoisotopic (exact) mass is 160 g/mol. The van der Waals surface area contributed by atoms with E-state index in [4.69, 9.17) is 5.41 Å². The van der Waals surface area contributed by atoms with Crippen molar-refractivity contribution in [2.75, 3.05) is 0 Å². The standard InChI is InChI=1S/C11H14N/c12-10-6-2-5-9-11-7-3-1-4-8-11/h1,3-4,7-8,10H,2,5-6,9H2. The third kappa shape index (κ3) is 3.33. The predicted octanol–water partition coefficient (Wildman–Crippen LogP) is 2.27. The molecule has 1 aromatic rings. The van der Waals surface area contributed by atoms with Crippen molar-refractivity contribution in [1.29, 1.82) is 0 Å². The summed E-state index contributed by atoms with van der Waals surface area (Å²) in [4.78, 5) is 0. The van der Waals surface area contributed by atoms with E-state index in [1.807, 2.05) is 6.07 Å². The highest BCUT2D eigenvalue weighted by molar-refractivity contribution is 5.53. The summed E-state index contributed by atoms with van der Waals surface area (Å²) in [5.74, 6) is 0. The second kappa shape index (κ2) is 5.53. The summed E-state index contributed by atoms with van der Waals surface area (Å²) in [5.41, 5.74) is 1.38. The predicted molar refractivity (Wildman–Crippen MR) is 52.2 cm³/mol. The lowest BCUT2D eigenvalue weighted by molar-refractivity contribution is 0.767. The summed E-state index contributed by atoms with van der Waals surface area (Å²) in [7, 11) is 0. The van der Waals surface area contributed by atoms with Crippen molar-refractivity contribution in [3.63, 3.8) is 0 Å². The van der Waals surface area contributed by atoms with E-state index in [1.165, 1.54) is 11.8 Å². The molecule has 1 heteroatoms. The zero-order valence-electron chi connectivity index (χ0n) is 7.24. The highest BCUT2D eigenvalue weighted by Gasteiger charge is 1.90. The molecule has 0 unspecified atom stereocenters. The Bertz CT molecular complexity index is 216. The van der Waals surface area contributed by atoms with Crippen molar-refractivity contribution in [1.82, 2.24) is 5.41 Å². The molecule has 0 amide bonds. The first kappa shape index (κ1) is 8.98. The number of unbranched alkanes of at least 4 members (excludes halogenated alkanes) is 2. The van der Waals surface area contributed by atoms with Gasteiger partial charge in [-0.2, -0.15) is 5.41 Å². The summed E-state index contributed by atoms with van der Waals surface area (Å²) in [6, 6.07) is 10.4. The van der Waals surface area contributed by atoms with Crippen molar-refractivity contribution >= 4 is 6.21 Å². The Morgan fingerprint density at radius 3 is 2.50 bits per heavy atom. The van der Waals surface area contributed by atoms with Crippen molar-refractivity contribution in [2.45, 2.75) is 25.7 Å². The van der Waals surface area contributed by atoms with Gasteiger partial charge in [-0.15, -0.1) is 0 Å². The molecule has 0 heterocycles. The second-order valence-electron chi connectivity index (χ2n) is 2.91. The summed E-state index contributed by atoms with van der Waals surface area (Å²) in [6.45, 7) is 0. The fourth-order valence-corrected chi connectivity index (χ4v) is 1.21. The van der Waals surface area contributed by atoms with Crippen molar-refractivity contribution in [2.24, 2.45) is 0 Å². The molecule has 0 saturated heterocycles. The number of rotatable bonds is 5. The van der Waals surface area contributed by atoms with Gasteiger partial charge in [0.1, 0.15) is 0 Å². The Hall–Kier alpha value is -1.11. The van der Waals surface area contributed by atoms with Crippen LogP contribution in [0.5, 0.6) is 0 Å². The van der Waals surface area contributed by atoms with Crippen molar-refractivity contribution < 1.29 is 0 Å². The van der Waals surface area contributed by atoms with E-state index in [9.17, 15) is 0 Å². The lowest BCUT2D eigenvalue weighted by atomic mass is 10.1. The third-order valence-corrected chi connectivity index (χ3v) is 1.89. The lowest BCUT2D eigenvalue weighted by Gasteiger charge is -1.98. The zero-order valence-corrected chi connectivity index (χ0v) is 7.24. The van der Waals surface area contributed by atoms with Crippen LogP contribution in [-0.2, 0) is 6.42 Å². The van der Waals surface area contributed by atoms with E-state index in [0.717, 1.165) is 25.7 Å². The Kier molecular flexibility index (Phi) is 4.14. The lowest BCUT2D eigenvalue weighted by Crippen LogP contribution is -1.85. The molecular weight excluding hydrogens is 146 g/mol. The molecule has 1 radical (unpaired) electrons. The topological polar surface area (TPSA) is 22.3 Å². The molecule has 0 fully saturated rings. The molecule has 0 N–H and O–H groups in total. The first-order chi connectivity index (χ1) is 5.93. The molecule has 12 heavy (non-hydrogen) atoms. The van der Waals surface area contributed by atoms with Crippen LogP contribution < -0.4 is 5.41 Å². The van der Waals surface area contributed by atoms with Gasteiger partial charge < -0.3 is 0 Å². The molecule has 0 saturated carbocycles. The summed E-state index contributed by atoms with van der Waals surface area (Å²) < 4.78 is 0. The Labute approximate surface area is 73.9 Å². The van der Waals surface area contributed by atoms with Gasteiger partial charge in [0.05, 0.1) is 0 Å². The molecule has 0 bridgehead atoms. The summed E-state index contributed by atoms with van der Waals surface area (Å²) in [6.07, 6.45) is 5.40. The summed E-state index contributed by atoms with van der Waals surface area (Å²) in [5, 5.41) is 8.44. The van der Waals surface area contributed by atoms with Gasteiger partial charge in [0, 0.05) is 6.21 Å². The molecule has 0 spiro atoms. The van der Waals surface area contributed by atoms with Gasteiger partial charge in [-0.3, -0.25) is 0 Å². The molecular formula is C11H14N. The molecule has 1 aromatic carbocycles. The van der Waals surface area contributed by atoms with Gasteiger partial charge >= 0.3 is 0 Å². The Morgan fingerprint density at radius 2 is 1.83 bits per heavy atom. The van der Waals surface area contributed by atoms with Crippen LogP contribution in [-0.4, -0.2) is 6.21 Å². The van der Waals surface area contributed by atoms with Crippen LogP contribution in [0.15, 0.2) is 30.3 Å². The van der Waals surface area contributed by atoms with Gasteiger partial charge in [-0.25, -0.2) is 0 Å². The zero-order chi connectivity index (χ0) is 8.65. The number of nitrogens with zero attached hydrogens (tertiary/aromatic N) is 1. The van der Waals surface area contributed by atoms with Gasteiger partial charge in [0.25, 0.3) is 0 Å². The van der Waals surface area contributed by atoms with E-state index in [1.54, 1.807) is 0 Å². The van der Waals surface area contributed by atoms with Crippen LogP contribution in [0.2, 0.25) is 0 Å². The van der Waals surface area contributed by atoms with Gasteiger partial charge in [-0.05, 0) is 31.2 Å². The van der Waals surface area contributed by atoms with Gasteiger partial charge in [0.15, 0.2) is 0 Å². The molecule has 0 aliphatic heterocycles. The quantitative estimate of drug-likeness (QED) is 0.466. The van der Waals surface area contributed by atoms with Crippen LogP contribution in [0.3, 0.4) is 0 Å². The van der Waals surface area contributed by atoms with E-state index >= 15 is 0 Å². The number of benzene rings is 1. The van der Waals surface area contributed by atoms with Crippen molar-refractivity contribution in [3.8, 4) is 0 Å². The maximum absolute atomic E-state index is 8.44. The fraction of sp³-hybridized carbons (Fsp3) is 0.364. The molecule has 0 aliphatic carbocycles. The van der Waals surface area contributed by atoms with E-state index in [0.29, 0.717) is 0 Å². The fourth-order valence-electron chi connectivity index (χ4n) is 1.21. The Balaban J connectivity index is 2.20. The van der Waals surface area contributed by atoms with Gasteiger partial charge in [-0.1, -0.05) is 30.3 Å². The first-order valence-electron chi connectivity index (χ1n) is 4.43. The van der Waals surface area contributed by atoms with E-state index < -0.39 is 0 Å². The molecule has 63 valence electrons. The molecule has 1 nitrogen and oxygen atoms in total. The highest BCUT2D eigenvalue weighted by Crippen LogP contribution is 2.04. The maximum Gasteiger partial charge on any atom is 0.0270 e. The minimum absolute atomic E-state index is 0.812. The SMILES string of the molecule is [N]=CCCCCc1ccccc1. The molecule has 0 atom stereocenters. The maximum atomic E-state index is 8.44. The second-order valence-corrected chi connectivity index (χ2v) is 2.91. The van der Waals surface area contributed by atoms with Crippen LogP contribution in [0.4, 0.5) is 0 Å². The minimum Gasteiger partial charge on any atom is -0.164 e. The van der Waals surface area contributed by atoms with Crippen molar-refractivity contribution in [3.05, 3.63) is 35.9 Å². The first-order valence-corrected chi connectivity index (χ1v) is 4.43. The molecule has 0 aromatic heterocycles. The average Bonchev–Trinajstić information content (AvgIpc) is 2.14. The van der Waals surface area contributed by atoms with Crippen LogP contribution in [0, 0.1) is 0 Å². The Morgan fingerprint density at radius 1 is 1.08 bits per heavy atom. The van der Waals surface area contributed by atoms with Crippen LogP contribution >= 0.6 is 0 Å². The largest absolute Gasteiger partial charge is 0.164 e. The molecule has 1 rings (SSSR count). The normalized spacial score (nSPS) is 9.67. The number of hydrogen-bond acceptors (Lipinski definition) is 0. The number of hydrogen-bond donors (Lipinski definition) is 0. The smallest absolute Gasteiger partial charge is 0.0270 e.